The number of aliphatic hydroxyl groups is 1. The topological polar surface area (TPSA) is 48.4 Å². The molecule has 0 bridgehead atoms. The molecule has 6 nitrogen and oxygen atoms in total. The molecular formula is C30H36FN3O3. The van der Waals surface area contributed by atoms with E-state index in [1.165, 1.54) is 0 Å². The van der Waals surface area contributed by atoms with Crippen molar-refractivity contribution >= 4 is 23.1 Å². The fraction of sp³-hybridized carbons (Fsp3) is 0.467. The van der Waals surface area contributed by atoms with E-state index in [0.29, 0.717) is 18.3 Å². The molecule has 4 heterocycles. The Kier molecular flexibility index (Phi) is 6.93. The van der Waals surface area contributed by atoms with Gasteiger partial charge in [0.05, 0.1) is 18.4 Å². The van der Waals surface area contributed by atoms with E-state index in [9.17, 15) is 5.11 Å². The Morgan fingerprint density at radius 3 is 2.81 bits per heavy atom. The third kappa shape index (κ3) is 4.88. The molecule has 3 fully saturated rings. The summed E-state index contributed by atoms with van der Waals surface area (Å²) in [5.41, 5.74) is 4.24. The lowest BCUT2D eigenvalue weighted by atomic mass is 10.0. The molecule has 0 saturated carbocycles. The number of aliphatic hydroxyl groups excluding tert-OH is 1. The van der Waals surface area contributed by atoms with Crippen LogP contribution in [0.1, 0.15) is 43.2 Å². The van der Waals surface area contributed by atoms with Crippen LogP contribution in [0, 0.1) is 5.82 Å². The Morgan fingerprint density at radius 2 is 2.00 bits per heavy atom. The summed E-state index contributed by atoms with van der Waals surface area (Å²) >= 11 is 0. The van der Waals surface area contributed by atoms with E-state index < -0.39 is 0 Å². The fourth-order valence-corrected chi connectivity index (χ4v) is 6.28. The van der Waals surface area contributed by atoms with Gasteiger partial charge in [-0.25, -0.2) is 4.39 Å². The predicted molar refractivity (Wildman–Crippen MR) is 145 cm³/mol. The standard InChI is InChI=1S/C30H36FN3O3/c1-21-28-8-7-26(37-20-27-5-3-15-36-27)16-22(28)10-14-33(21)23-6-9-30(29(31)17-23)32-13-11-24(18-32)34-12-2-4-25(34)19-35/h6-10,14,16-17,24-25,27,35H,1-5,11-13,15,18-20H2/t24?,25-,27+/m0/s1. The Balaban J connectivity index is 1.13. The molecule has 0 radical (unpaired) electrons. The van der Waals surface area contributed by atoms with Gasteiger partial charge in [-0.1, -0.05) is 6.58 Å². The average molecular weight is 506 g/mol. The zero-order chi connectivity index (χ0) is 25.4. The second-order valence-corrected chi connectivity index (χ2v) is 10.6. The van der Waals surface area contributed by atoms with Gasteiger partial charge in [0.25, 0.3) is 0 Å². The van der Waals surface area contributed by atoms with Crippen molar-refractivity contribution in [2.75, 3.05) is 49.3 Å². The van der Waals surface area contributed by atoms with Crippen LogP contribution >= 0.6 is 0 Å². The minimum Gasteiger partial charge on any atom is -0.491 e. The molecular weight excluding hydrogens is 469 g/mol. The quantitative estimate of drug-likeness (QED) is 0.579. The minimum atomic E-state index is -0.219. The number of hydrogen-bond acceptors (Lipinski definition) is 6. The maximum atomic E-state index is 15.4. The molecule has 37 heavy (non-hydrogen) atoms. The molecule has 1 N–H and O–H groups in total. The number of ether oxygens (including phenoxy) is 2. The molecule has 0 spiro atoms. The fourth-order valence-electron chi connectivity index (χ4n) is 6.28. The molecule has 1 unspecified atom stereocenters. The Bertz CT molecular complexity index is 1180. The van der Waals surface area contributed by atoms with Crippen LogP contribution in [0.5, 0.6) is 5.75 Å². The van der Waals surface area contributed by atoms with Crippen LogP contribution in [0.25, 0.3) is 11.8 Å². The highest BCUT2D eigenvalue weighted by Crippen LogP contribution is 2.37. The third-order valence-corrected chi connectivity index (χ3v) is 8.30. The average Bonchev–Trinajstić information content (AvgIpc) is 3.69. The summed E-state index contributed by atoms with van der Waals surface area (Å²) in [7, 11) is 0. The van der Waals surface area contributed by atoms with E-state index in [4.69, 9.17) is 9.47 Å². The van der Waals surface area contributed by atoms with Crippen molar-refractivity contribution in [2.24, 2.45) is 0 Å². The van der Waals surface area contributed by atoms with Gasteiger partial charge in [0, 0.05) is 61.0 Å². The minimum absolute atomic E-state index is 0.180. The SMILES string of the molecule is C=C1c2ccc(OC[C@H]3CCCO3)cc2C=CN1c1ccc(N2CCC(N3CCC[C@H]3CO)C2)c(F)c1. The van der Waals surface area contributed by atoms with E-state index in [-0.39, 0.29) is 24.6 Å². The van der Waals surface area contributed by atoms with Crippen LogP contribution in [0.3, 0.4) is 0 Å². The number of benzene rings is 2. The maximum absolute atomic E-state index is 15.4. The van der Waals surface area contributed by atoms with Gasteiger partial charge in [-0.3, -0.25) is 4.90 Å². The summed E-state index contributed by atoms with van der Waals surface area (Å²) in [5.74, 6) is 0.599. The van der Waals surface area contributed by atoms with Crippen LogP contribution in [-0.2, 0) is 4.74 Å². The first kappa shape index (κ1) is 24.5. The maximum Gasteiger partial charge on any atom is 0.148 e. The van der Waals surface area contributed by atoms with Crippen molar-refractivity contribution in [1.29, 1.82) is 0 Å². The Labute approximate surface area is 218 Å². The van der Waals surface area contributed by atoms with Crippen molar-refractivity contribution in [3.8, 4) is 5.75 Å². The van der Waals surface area contributed by atoms with Crippen LogP contribution < -0.4 is 14.5 Å². The molecule has 2 aromatic carbocycles. The van der Waals surface area contributed by atoms with E-state index in [2.05, 4.69) is 16.4 Å². The first-order valence-corrected chi connectivity index (χ1v) is 13.6. The molecule has 2 aromatic rings. The van der Waals surface area contributed by atoms with Crippen LogP contribution in [0.15, 0.2) is 49.2 Å². The smallest absolute Gasteiger partial charge is 0.148 e. The largest absolute Gasteiger partial charge is 0.491 e. The summed E-state index contributed by atoms with van der Waals surface area (Å²) in [4.78, 5) is 6.50. The molecule has 0 aromatic heterocycles. The number of halogens is 1. The zero-order valence-electron chi connectivity index (χ0n) is 21.3. The van der Waals surface area contributed by atoms with Gasteiger partial charge >= 0.3 is 0 Å². The molecule has 0 amide bonds. The first-order valence-electron chi connectivity index (χ1n) is 13.6. The molecule has 7 heteroatoms. The molecule has 3 saturated heterocycles. The van der Waals surface area contributed by atoms with Crippen LogP contribution in [-0.4, -0.2) is 67.6 Å². The summed E-state index contributed by atoms with van der Waals surface area (Å²) in [6.07, 6.45) is 9.47. The monoisotopic (exact) mass is 505 g/mol. The highest BCUT2D eigenvalue weighted by Gasteiger charge is 2.35. The van der Waals surface area contributed by atoms with E-state index in [1.54, 1.807) is 6.07 Å². The summed E-state index contributed by atoms with van der Waals surface area (Å²) in [6, 6.07) is 12.1. The zero-order valence-corrected chi connectivity index (χ0v) is 21.3. The predicted octanol–water partition coefficient (Wildman–Crippen LogP) is 4.88. The third-order valence-electron chi connectivity index (χ3n) is 8.30. The van der Waals surface area contributed by atoms with E-state index >= 15 is 4.39 Å². The van der Waals surface area contributed by atoms with Gasteiger partial charge in [-0.05, 0) is 80.6 Å². The molecule has 4 aliphatic heterocycles. The van der Waals surface area contributed by atoms with E-state index in [1.807, 2.05) is 47.5 Å². The molecule has 196 valence electrons. The van der Waals surface area contributed by atoms with Crippen molar-refractivity contribution in [2.45, 2.75) is 50.3 Å². The van der Waals surface area contributed by atoms with Gasteiger partial charge in [0.1, 0.15) is 18.2 Å². The van der Waals surface area contributed by atoms with Gasteiger partial charge in [0.15, 0.2) is 0 Å². The second kappa shape index (κ2) is 10.5. The van der Waals surface area contributed by atoms with Crippen molar-refractivity contribution in [3.63, 3.8) is 0 Å². The normalized spacial score (nSPS) is 25.8. The number of fused-ring (bicyclic) bond motifs is 1. The number of hydrogen-bond donors (Lipinski definition) is 1. The molecule has 6 rings (SSSR count). The van der Waals surface area contributed by atoms with Crippen molar-refractivity contribution in [1.82, 2.24) is 4.90 Å². The lowest BCUT2D eigenvalue weighted by molar-refractivity contribution is 0.0679. The Morgan fingerprint density at radius 1 is 1.08 bits per heavy atom. The van der Waals surface area contributed by atoms with Gasteiger partial charge < -0.3 is 24.4 Å². The van der Waals surface area contributed by atoms with Gasteiger partial charge in [-0.2, -0.15) is 0 Å². The lowest BCUT2D eigenvalue weighted by Crippen LogP contribution is -2.42. The summed E-state index contributed by atoms with van der Waals surface area (Å²) in [6.45, 7) is 8.56. The number of rotatable bonds is 7. The van der Waals surface area contributed by atoms with Gasteiger partial charge in [-0.15, -0.1) is 0 Å². The molecule has 3 atom stereocenters. The van der Waals surface area contributed by atoms with Gasteiger partial charge in [0.2, 0.25) is 0 Å². The highest BCUT2D eigenvalue weighted by molar-refractivity contribution is 5.89. The van der Waals surface area contributed by atoms with E-state index in [0.717, 1.165) is 86.6 Å². The summed E-state index contributed by atoms with van der Waals surface area (Å²) in [5, 5.41) is 9.70. The first-order chi connectivity index (χ1) is 18.1. The number of anilines is 2. The van der Waals surface area contributed by atoms with Crippen molar-refractivity contribution < 1.29 is 19.0 Å². The Hall–Kier alpha value is -2.87. The summed E-state index contributed by atoms with van der Waals surface area (Å²) < 4.78 is 27.0. The molecule has 4 aliphatic rings. The number of nitrogens with zero attached hydrogens (tertiary/aromatic N) is 3. The molecule has 0 aliphatic carbocycles. The highest BCUT2D eigenvalue weighted by atomic mass is 19.1. The van der Waals surface area contributed by atoms with Crippen LogP contribution in [0.4, 0.5) is 15.8 Å². The van der Waals surface area contributed by atoms with Crippen molar-refractivity contribution in [3.05, 3.63) is 66.1 Å². The van der Waals surface area contributed by atoms with Crippen LogP contribution in [0.2, 0.25) is 0 Å². The lowest BCUT2D eigenvalue weighted by Gasteiger charge is -2.30. The number of likely N-dealkylation sites (tertiary alicyclic amines) is 1. The second-order valence-electron chi connectivity index (χ2n) is 10.6.